The maximum Gasteiger partial charge on any atom is 0.187 e. The second kappa shape index (κ2) is 4.21. The van der Waals surface area contributed by atoms with E-state index >= 15 is 0 Å². The first-order valence-corrected chi connectivity index (χ1v) is 7.47. The van der Waals surface area contributed by atoms with Crippen LogP contribution in [-0.2, 0) is 5.41 Å². The van der Waals surface area contributed by atoms with Gasteiger partial charge in [-0.15, -0.1) is 0 Å². The molecule has 1 fully saturated rings. The highest BCUT2D eigenvalue weighted by molar-refractivity contribution is 5.83. The van der Waals surface area contributed by atoms with Gasteiger partial charge in [0.1, 0.15) is 0 Å². The predicted octanol–water partition coefficient (Wildman–Crippen LogP) is 5.47. The largest absolute Gasteiger partial charge is 0.238 e. The van der Waals surface area contributed by atoms with Gasteiger partial charge >= 0.3 is 0 Å². The summed E-state index contributed by atoms with van der Waals surface area (Å²) in [5.41, 5.74) is 6.60. The van der Waals surface area contributed by atoms with E-state index in [0.29, 0.717) is 0 Å². The van der Waals surface area contributed by atoms with Crippen molar-refractivity contribution in [2.24, 2.45) is 0 Å². The Morgan fingerprint density at radius 1 is 0.850 bits per heavy atom. The van der Waals surface area contributed by atoms with E-state index in [2.05, 4.69) is 41.2 Å². The van der Waals surface area contributed by atoms with Crippen LogP contribution < -0.4 is 0 Å². The summed E-state index contributed by atoms with van der Waals surface area (Å²) in [6.45, 7) is 7.25. The highest BCUT2D eigenvalue weighted by atomic mass is 14.6. The Hall–Kier alpha value is -2.07. The van der Waals surface area contributed by atoms with Crippen LogP contribution in [-0.4, -0.2) is 0 Å². The van der Waals surface area contributed by atoms with Crippen LogP contribution in [0.25, 0.3) is 16.0 Å². The summed E-state index contributed by atoms with van der Waals surface area (Å²) in [5, 5.41) is 0. The normalized spacial score (nSPS) is 18.4. The highest BCUT2D eigenvalue weighted by Gasteiger charge is 2.43. The highest BCUT2D eigenvalue weighted by Crippen LogP contribution is 2.56. The number of benzene rings is 2. The van der Waals surface area contributed by atoms with E-state index in [-0.39, 0.29) is 5.41 Å². The molecule has 0 amide bonds. The molecule has 0 saturated heterocycles. The van der Waals surface area contributed by atoms with Crippen LogP contribution in [0.1, 0.15) is 43.2 Å². The van der Waals surface area contributed by atoms with Crippen LogP contribution in [0.2, 0.25) is 0 Å². The van der Waals surface area contributed by atoms with Crippen LogP contribution in [0.5, 0.6) is 0 Å². The molecule has 2 aliphatic carbocycles. The van der Waals surface area contributed by atoms with Gasteiger partial charge in [0.05, 0.1) is 6.57 Å². The lowest BCUT2D eigenvalue weighted by Crippen LogP contribution is -2.27. The number of hydrogen-bond acceptors (Lipinski definition) is 0. The van der Waals surface area contributed by atoms with Gasteiger partial charge in [0.25, 0.3) is 0 Å². The van der Waals surface area contributed by atoms with Crippen molar-refractivity contribution in [3.8, 4) is 11.1 Å². The first kappa shape index (κ1) is 11.7. The summed E-state index contributed by atoms with van der Waals surface area (Å²) in [7, 11) is 0. The lowest BCUT2D eigenvalue weighted by Gasteiger charge is -2.35. The van der Waals surface area contributed by atoms with Crippen molar-refractivity contribution in [3.05, 3.63) is 65.0 Å². The SMILES string of the molecule is [C-]#[N+]c1ccc2c(c1)-c1ccccc1C21CCCCC1. The Balaban J connectivity index is 2.02. The Bertz CT molecular complexity index is 715. The minimum Gasteiger partial charge on any atom is -0.238 e. The zero-order chi connectivity index (χ0) is 13.6. The van der Waals surface area contributed by atoms with E-state index in [4.69, 9.17) is 6.57 Å². The lowest BCUT2D eigenvalue weighted by molar-refractivity contribution is 0.353. The van der Waals surface area contributed by atoms with Gasteiger partial charge in [0.2, 0.25) is 0 Å². The molecular formula is C19H17N. The Labute approximate surface area is 120 Å². The van der Waals surface area contributed by atoms with E-state index in [9.17, 15) is 0 Å². The van der Waals surface area contributed by atoms with Crippen LogP contribution in [0.4, 0.5) is 5.69 Å². The standard InChI is InChI=1S/C19H17N/c1-20-14-9-10-18-16(13-14)15-7-3-4-8-17(15)19(18)11-5-2-6-12-19/h3-4,7-10,13H,2,5-6,11-12H2. The van der Waals surface area contributed by atoms with E-state index in [1.54, 1.807) is 0 Å². The van der Waals surface area contributed by atoms with Gasteiger partial charge in [-0.3, -0.25) is 0 Å². The number of rotatable bonds is 0. The Morgan fingerprint density at radius 2 is 1.60 bits per heavy atom. The molecule has 2 aliphatic rings. The fourth-order valence-corrected chi connectivity index (χ4v) is 4.22. The molecule has 0 bridgehead atoms. The summed E-state index contributed by atoms with van der Waals surface area (Å²) in [4.78, 5) is 3.60. The van der Waals surface area contributed by atoms with Crippen LogP contribution in [0.3, 0.4) is 0 Å². The first-order valence-electron chi connectivity index (χ1n) is 7.47. The lowest BCUT2D eigenvalue weighted by atomic mass is 9.68. The maximum atomic E-state index is 7.25. The molecule has 0 aliphatic heterocycles. The third-order valence-electron chi connectivity index (χ3n) is 5.09. The molecule has 98 valence electrons. The van der Waals surface area contributed by atoms with E-state index in [1.807, 2.05) is 6.07 Å². The first-order chi connectivity index (χ1) is 9.85. The average Bonchev–Trinajstić information content (AvgIpc) is 2.79. The predicted molar refractivity (Wildman–Crippen MR) is 82.0 cm³/mol. The number of hydrogen-bond donors (Lipinski definition) is 0. The summed E-state index contributed by atoms with van der Waals surface area (Å²) in [6, 6.07) is 15.1. The second-order valence-electron chi connectivity index (χ2n) is 6.03. The zero-order valence-electron chi connectivity index (χ0n) is 11.5. The molecule has 0 atom stereocenters. The minimum atomic E-state index is 0.227. The minimum absolute atomic E-state index is 0.227. The van der Waals surface area contributed by atoms with Gasteiger partial charge in [-0.25, -0.2) is 4.85 Å². The molecule has 1 spiro atoms. The fourth-order valence-electron chi connectivity index (χ4n) is 4.22. The molecule has 0 heterocycles. The molecule has 20 heavy (non-hydrogen) atoms. The smallest absolute Gasteiger partial charge is 0.187 e. The van der Waals surface area contributed by atoms with E-state index in [1.165, 1.54) is 54.4 Å². The van der Waals surface area contributed by atoms with Crippen molar-refractivity contribution in [1.29, 1.82) is 0 Å². The molecule has 0 unspecified atom stereocenters. The van der Waals surface area contributed by atoms with Gasteiger partial charge in [-0.05, 0) is 41.2 Å². The molecule has 1 nitrogen and oxygen atoms in total. The summed E-state index contributed by atoms with van der Waals surface area (Å²) in [5.74, 6) is 0. The molecule has 2 aromatic rings. The van der Waals surface area contributed by atoms with Crippen molar-refractivity contribution in [2.45, 2.75) is 37.5 Å². The molecule has 0 radical (unpaired) electrons. The van der Waals surface area contributed by atoms with Gasteiger partial charge in [0, 0.05) is 5.41 Å². The van der Waals surface area contributed by atoms with E-state index in [0.717, 1.165) is 5.69 Å². The third kappa shape index (κ3) is 1.42. The van der Waals surface area contributed by atoms with Gasteiger partial charge in [-0.2, -0.15) is 0 Å². The second-order valence-corrected chi connectivity index (χ2v) is 6.03. The van der Waals surface area contributed by atoms with Gasteiger partial charge in [-0.1, -0.05) is 55.7 Å². The molecule has 0 N–H and O–H groups in total. The van der Waals surface area contributed by atoms with Crippen molar-refractivity contribution in [2.75, 3.05) is 0 Å². The van der Waals surface area contributed by atoms with Crippen molar-refractivity contribution < 1.29 is 0 Å². The van der Waals surface area contributed by atoms with Crippen molar-refractivity contribution in [3.63, 3.8) is 0 Å². The quantitative estimate of drug-likeness (QED) is 0.553. The Morgan fingerprint density at radius 3 is 2.40 bits per heavy atom. The molecule has 1 saturated carbocycles. The van der Waals surface area contributed by atoms with Gasteiger partial charge in [0.15, 0.2) is 5.69 Å². The van der Waals surface area contributed by atoms with Crippen molar-refractivity contribution in [1.82, 2.24) is 0 Å². The molecule has 2 aromatic carbocycles. The molecule has 1 heteroatoms. The molecular weight excluding hydrogens is 242 g/mol. The monoisotopic (exact) mass is 259 g/mol. The summed E-state index contributed by atoms with van der Waals surface area (Å²) >= 11 is 0. The topological polar surface area (TPSA) is 4.36 Å². The van der Waals surface area contributed by atoms with Gasteiger partial charge < -0.3 is 0 Å². The van der Waals surface area contributed by atoms with E-state index < -0.39 is 0 Å². The molecule has 4 rings (SSSR count). The summed E-state index contributed by atoms with van der Waals surface area (Å²) in [6.07, 6.45) is 6.51. The summed E-state index contributed by atoms with van der Waals surface area (Å²) < 4.78 is 0. The number of fused-ring (bicyclic) bond motifs is 5. The van der Waals surface area contributed by atoms with Crippen LogP contribution in [0, 0.1) is 6.57 Å². The van der Waals surface area contributed by atoms with Crippen molar-refractivity contribution >= 4 is 5.69 Å². The van der Waals surface area contributed by atoms with Crippen LogP contribution >= 0.6 is 0 Å². The molecule has 0 aromatic heterocycles. The maximum absolute atomic E-state index is 7.25. The zero-order valence-corrected chi connectivity index (χ0v) is 11.5. The fraction of sp³-hybridized carbons (Fsp3) is 0.316. The third-order valence-corrected chi connectivity index (χ3v) is 5.09. The average molecular weight is 259 g/mol. The van der Waals surface area contributed by atoms with Crippen LogP contribution in [0.15, 0.2) is 42.5 Å². The Kier molecular flexibility index (Phi) is 2.47. The number of nitrogens with zero attached hydrogens (tertiary/aromatic N) is 1.